The number of ether oxygens (including phenoxy) is 1. The van der Waals surface area contributed by atoms with Crippen LogP contribution >= 0.6 is 0 Å². The Bertz CT molecular complexity index is 944. The van der Waals surface area contributed by atoms with E-state index in [9.17, 15) is 31.1 Å². The lowest BCUT2D eigenvalue weighted by molar-refractivity contribution is -0.224. The molecule has 3 saturated heterocycles. The molecule has 2 N–H and O–H groups in total. The van der Waals surface area contributed by atoms with Gasteiger partial charge in [-0.3, -0.25) is 24.4 Å². The predicted octanol–water partition coefficient (Wildman–Crippen LogP) is 1.79. The maximum Gasteiger partial charge on any atom is 0.490 e. The molecule has 0 aromatic carbocycles. The van der Waals surface area contributed by atoms with Crippen molar-refractivity contribution in [1.82, 2.24) is 19.8 Å². The topological polar surface area (TPSA) is 133 Å². The van der Waals surface area contributed by atoms with Crippen molar-refractivity contribution < 1.29 is 60.5 Å². The maximum atomic E-state index is 12.6. The first-order valence-electron chi connectivity index (χ1n) is 11.5. The molecule has 1 amide bonds. The third-order valence-electron chi connectivity index (χ3n) is 5.79. The third-order valence-corrected chi connectivity index (χ3v) is 5.79. The first-order valence-corrected chi connectivity index (χ1v) is 11.5. The number of carbonyl (C=O) groups is 3. The van der Waals surface area contributed by atoms with Crippen molar-refractivity contribution in [3.63, 3.8) is 0 Å². The van der Waals surface area contributed by atoms with Crippen molar-refractivity contribution in [3.05, 3.63) is 30.1 Å². The highest BCUT2D eigenvalue weighted by molar-refractivity contribution is 5.81. The van der Waals surface area contributed by atoms with Crippen LogP contribution in [0.3, 0.4) is 0 Å². The van der Waals surface area contributed by atoms with Crippen molar-refractivity contribution >= 4 is 17.8 Å². The summed E-state index contributed by atoms with van der Waals surface area (Å²) in [4.78, 5) is 44.6. The molecule has 1 unspecified atom stereocenters. The summed E-state index contributed by atoms with van der Waals surface area (Å²) in [5.41, 5.74) is 1.08. The molecule has 0 bridgehead atoms. The lowest BCUT2D eigenvalue weighted by atomic mass is 9.90. The largest absolute Gasteiger partial charge is 0.490 e. The average molecular weight is 574 g/mol. The average Bonchev–Trinajstić information content (AvgIpc) is 2.83. The lowest BCUT2D eigenvalue weighted by Crippen LogP contribution is -2.72. The molecule has 11 nitrogen and oxygen atoms in total. The Labute approximate surface area is 218 Å². The maximum absolute atomic E-state index is 12.6. The molecule has 39 heavy (non-hydrogen) atoms. The summed E-state index contributed by atoms with van der Waals surface area (Å²) >= 11 is 0. The number of carboxylic acid groups (broad SMARTS) is 2. The fraction of sp³-hybridized carbons (Fsp3) is 0.636. The Hall–Kier alpha value is -3.02. The predicted molar refractivity (Wildman–Crippen MR) is 119 cm³/mol. The van der Waals surface area contributed by atoms with Crippen molar-refractivity contribution in [2.45, 2.75) is 43.4 Å². The molecule has 0 saturated carbocycles. The molecule has 3 fully saturated rings. The van der Waals surface area contributed by atoms with Gasteiger partial charge in [0.2, 0.25) is 0 Å². The van der Waals surface area contributed by atoms with Gasteiger partial charge < -0.3 is 14.9 Å². The number of likely N-dealkylation sites (tertiary alicyclic amines) is 1. The van der Waals surface area contributed by atoms with Crippen LogP contribution < -0.4 is 0 Å². The number of amides is 1. The summed E-state index contributed by atoms with van der Waals surface area (Å²) < 4.78 is 69.6. The molecule has 3 aliphatic heterocycles. The number of carboxylic acids is 2. The zero-order chi connectivity index (χ0) is 29.4. The van der Waals surface area contributed by atoms with E-state index in [-0.39, 0.29) is 17.6 Å². The van der Waals surface area contributed by atoms with E-state index in [1.165, 1.54) is 10.6 Å². The van der Waals surface area contributed by atoms with E-state index in [0.717, 1.165) is 39.0 Å². The second-order valence-electron chi connectivity index (χ2n) is 9.02. The standard InChI is InChI=1S/C18H26N4O3.2C2HF3O2/c1-20-12-18(13-21(14-18)10-15-5-4-6-19-9-15)24-11-16(20)17(23)22-7-2-3-8-25-22;2*3-2(4,5)1(6)7/h4-6,9,16H,2-3,7-8,10-14H2,1H3;2*(H,6,7). The number of hydroxylamine groups is 2. The van der Waals surface area contributed by atoms with E-state index in [4.69, 9.17) is 29.4 Å². The number of aromatic nitrogens is 1. The van der Waals surface area contributed by atoms with Crippen molar-refractivity contribution in [1.29, 1.82) is 0 Å². The van der Waals surface area contributed by atoms with Gasteiger partial charge in [0.25, 0.3) is 5.91 Å². The number of carbonyl (C=O) groups excluding carboxylic acids is 1. The second kappa shape index (κ2) is 13.4. The summed E-state index contributed by atoms with van der Waals surface area (Å²) in [6, 6.07) is 3.82. The van der Waals surface area contributed by atoms with Crippen LogP contribution in [0.1, 0.15) is 18.4 Å². The number of alkyl halides is 6. The fourth-order valence-corrected chi connectivity index (χ4v) is 4.01. The highest BCUT2D eigenvalue weighted by atomic mass is 19.4. The highest BCUT2D eigenvalue weighted by Gasteiger charge is 2.50. The molecule has 1 aromatic heterocycles. The number of nitrogens with zero attached hydrogens (tertiary/aromatic N) is 4. The number of hydrogen-bond acceptors (Lipinski definition) is 8. The number of rotatable bonds is 3. The summed E-state index contributed by atoms with van der Waals surface area (Å²) in [5, 5.41) is 15.8. The molecule has 1 spiro atoms. The molecular weight excluding hydrogens is 546 g/mol. The van der Waals surface area contributed by atoms with Crippen LogP contribution in [0.5, 0.6) is 0 Å². The molecule has 17 heteroatoms. The molecule has 4 rings (SSSR count). The Morgan fingerprint density at radius 1 is 1.05 bits per heavy atom. The zero-order valence-corrected chi connectivity index (χ0v) is 20.7. The Balaban J connectivity index is 0.000000317. The monoisotopic (exact) mass is 574 g/mol. The van der Waals surface area contributed by atoms with Crippen LogP contribution in [0.25, 0.3) is 0 Å². The van der Waals surface area contributed by atoms with Gasteiger partial charge in [0.15, 0.2) is 0 Å². The van der Waals surface area contributed by atoms with Crippen molar-refractivity contribution in [3.8, 4) is 0 Å². The number of likely N-dealkylation sites (N-methyl/N-ethyl adjacent to an activating group) is 1. The SMILES string of the molecule is CN1CC2(CN(Cc3cccnc3)C2)OCC1C(=O)N1CCCCO1.O=C(O)C(F)(F)F.O=C(O)C(F)(F)F. The Morgan fingerprint density at radius 3 is 2.08 bits per heavy atom. The minimum atomic E-state index is -5.08. The summed E-state index contributed by atoms with van der Waals surface area (Å²) in [6.07, 6.45) is -4.43. The molecule has 1 aromatic rings. The molecule has 4 heterocycles. The number of halogens is 6. The molecule has 0 radical (unpaired) electrons. The van der Waals surface area contributed by atoms with Crippen LogP contribution in [0.15, 0.2) is 24.5 Å². The zero-order valence-electron chi connectivity index (χ0n) is 20.7. The molecular formula is C22H28F6N4O7. The molecule has 3 aliphatic rings. The van der Waals surface area contributed by atoms with E-state index in [0.29, 0.717) is 19.8 Å². The summed E-state index contributed by atoms with van der Waals surface area (Å²) in [6.45, 7) is 5.23. The minimum Gasteiger partial charge on any atom is -0.475 e. The molecule has 0 aliphatic carbocycles. The summed E-state index contributed by atoms with van der Waals surface area (Å²) in [5.74, 6) is -5.48. The minimum absolute atomic E-state index is 0.0311. The van der Waals surface area contributed by atoms with Gasteiger partial charge in [-0.2, -0.15) is 26.3 Å². The highest BCUT2D eigenvalue weighted by Crippen LogP contribution is 2.32. The van der Waals surface area contributed by atoms with Gasteiger partial charge >= 0.3 is 24.3 Å². The van der Waals surface area contributed by atoms with Gasteiger partial charge in [-0.05, 0) is 31.5 Å². The van der Waals surface area contributed by atoms with E-state index in [2.05, 4.69) is 20.9 Å². The van der Waals surface area contributed by atoms with Crippen molar-refractivity contribution in [2.75, 3.05) is 46.4 Å². The van der Waals surface area contributed by atoms with Crippen LogP contribution in [0.4, 0.5) is 26.3 Å². The van der Waals surface area contributed by atoms with E-state index < -0.39 is 24.3 Å². The third kappa shape index (κ3) is 9.90. The Kier molecular flexibility index (Phi) is 11.0. The quantitative estimate of drug-likeness (QED) is 0.515. The second-order valence-corrected chi connectivity index (χ2v) is 9.02. The van der Waals surface area contributed by atoms with Gasteiger partial charge in [0.1, 0.15) is 11.6 Å². The van der Waals surface area contributed by atoms with Crippen molar-refractivity contribution in [2.24, 2.45) is 0 Å². The smallest absolute Gasteiger partial charge is 0.475 e. The first kappa shape index (κ1) is 32.2. The first-order chi connectivity index (χ1) is 18.0. The fourth-order valence-electron chi connectivity index (χ4n) is 4.01. The van der Waals surface area contributed by atoms with E-state index in [1.54, 1.807) is 6.20 Å². The summed E-state index contributed by atoms with van der Waals surface area (Å²) in [7, 11) is 2.01. The molecule has 220 valence electrons. The number of morpholine rings is 1. The number of aliphatic carboxylic acids is 2. The van der Waals surface area contributed by atoms with Gasteiger partial charge in [-0.1, -0.05) is 6.07 Å². The van der Waals surface area contributed by atoms with Crippen LogP contribution in [0, 0.1) is 0 Å². The van der Waals surface area contributed by atoms with Gasteiger partial charge in [-0.15, -0.1) is 0 Å². The van der Waals surface area contributed by atoms with Gasteiger partial charge in [0.05, 0.1) is 13.2 Å². The van der Waals surface area contributed by atoms with Gasteiger partial charge in [-0.25, -0.2) is 14.7 Å². The normalized spacial score (nSPS) is 21.5. The van der Waals surface area contributed by atoms with Crippen LogP contribution in [-0.2, 0) is 30.5 Å². The van der Waals surface area contributed by atoms with E-state index in [1.807, 2.05) is 19.3 Å². The van der Waals surface area contributed by atoms with Gasteiger partial charge in [0, 0.05) is 45.1 Å². The van der Waals surface area contributed by atoms with E-state index >= 15 is 0 Å². The number of pyridine rings is 1. The number of hydrogen-bond donors (Lipinski definition) is 2. The Morgan fingerprint density at radius 2 is 1.64 bits per heavy atom. The molecule has 1 atom stereocenters. The lowest BCUT2D eigenvalue weighted by Gasteiger charge is -2.55. The van der Waals surface area contributed by atoms with Crippen LogP contribution in [0.2, 0.25) is 0 Å². The van der Waals surface area contributed by atoms with Crippen LogP contribution in [-0.4, -0.2) is 118 Å².